The Labute approximate surface area is 163 Å². The van der Waals surface area contributed by atoms with Crippen molar-refractivity contribution in [2.24, 2.45) is 13.0 Å². The summed E-state index contributed by atoms with van der Waals surface area (Å²) in [6.07, 6.45) is 6.98. The van der Waals surface area contributed by atoms with Gasteiger partial charge in [0.05, 0.1) is 25.8 Å². The Morgan fingerprint density at radius 1 is 1.31 bits per heavy atom. The molecule has 5 nitrogen and oxygen atoms in total. The van der Waals surface area contributed by atoms with Crippen LogP contribution in [0.5, 0.6) is 0 Å². The highest BCUT2D eigenvalue weighted by Gasteiger charge is 2.28. The monoisotopic (exact) mass is 379 g/mol. The van der Waals surface area contributed by atoms with Crippen LogP contribution in [0.15, 0.2) is 18.3 Å². The van der Waals surface area contributed by atoms with E-state index in [0.29, 0.717) is 6.04 Å². The molecule has 146 valence electrons. The van der Waals surface area contributed by atoms with Crippen LogP contribution in [0.4, 0.5) is 0 Å². The van der Waals surface area contributed by atoms with Crippen LogP contribution < -0.4 is 10.2 Å². The molecule has 3 heterocycles. The van der Waals surface area contributed by atoms with Gasteiger partial charge in [-0.05, 0) is 49.5 Å². The summed E-state index contributed by atoms with van der Waals surface area (Å²) in [6.45, 7) is 9.70. The normalized spacial score (nSPS) is 25.1. The molecule has 1 aromatic rings. The van der Waals surface area contributed by atoms with Crippen molar-refractivity contribution in [1.82, 2.24) is 14.8 Å². The summed E-state index contributed by atoms with van der Waals surface area (Å²) in [5.41, 5.74) is 1.38. The SMILES string of the molecule is C[C@H]1CC[C@H](c2cccn2C)N(C(=S)NCCC[NH+]2CCOCC2)CC1. The number of morpholine rings is 1. The van der Waals surface area contributed by atoms with Crippen LogP contribution in [0.2, 0.25) is 0 Å². The summed E-state index contributed by atoms with van der Waals surface area (Å²) in [7, 11) is 2.14. The molecule has 2 aliphatic rings. The number of nitrogens with zero attached hydrogens (tertiary/aromatic N) is 2. The number of hydrogen-bond donors (Lipinski definition) is 2. The van der Waals surface area contributed by atoms with E-state index in [-0.39, 0.29) is 0 Å². The van der Waals surface area contributed by atoms with Crippen LogP contribution in [0.3, 0.4) is 0 Å². The van der Waals surface area contributed by atoms with Gasteiger partial charge in [0, 0.05) is 38.4 Å². The van der Waals surface area contributed by atoms with Crippen LogP contribution in [0, 0.1) is 5.92 Å². The number of hydrogen-bond acceptors (Lipinski definition) is 2. The number of thiocarbonyl (C=S) groups is 1. The van der Waals surface area contributed by atoms with E-state index in [1.807, 2.05) is 0 Å². The molecular formula is C20H35N4OS+. The number of aryl methyl sites for hydroxylation is 1. The molecule has 2 saturated heterocycles. The van der Waals surface area contributed by atoms with Gasteiger partial charge in [-0.15, -0.1) is 0 Å². The Morgan fingerprint density at radius 2 is 2.12 bits per heavy atom. The van der Waals surface area contributed by atoms with E-state index in [9.17, 15) is 0 Å². The fourth-order valence-electron chi connectivity index (χ4n) is 4.17. The van der Waals surface area contributed by atoms with E-state index in [4.69, 9.17) is 17.0 Å². The summed E-state index contributed by atoms with van der Waals surface area (Å²) < 4.78 is 7.68. The van der Waals surface area contributed by atoms with Crippen LogP contribution in [0.25, 0.3) is 0 Å². The zero-order chi connectivity index (χ0) is 18.4. The maximum absolute atomic E-state index is 5.82. The number of likely N-dealkylation sites (tertiary alicyclic amines) is 1. The minimum Gasteiger partial charge on any atom is -0.370 e. The average molecular weight is 380 g/mol. The minimum atomic E-state index is 0.393. The Kier molecular flexibility index (Phi) is 7.34. The Balaban J connectivity index is 1.53. The molecule has 0 bridgehead atoms. The van der Waals surface area contributed by atoms with Crippen molar-refractivity contribution >= 4 is 17.3 Å². The van der Waals surface area contributed by atoms with Crippen molar-refractivity contribution in [3.63, 3.8) is 0 Å². The van der Waals surface area contributed by atoms with Gasteiger partial charge in [-0.25, -0.2) is 0 Å². The standard InChI is InChI=1S/C20H34N4OS/c1-17-6-7-19(18-5-3-10-22(18)2)24(12-8-17)20(26)21-9-4-11-23-13-15-25-16-14-23/h3,5,10,17,19H,4,6-9,11-16H2,1-2H3,(H,21,26)/p+1/t17-,19+/m0/s1. The molecule has 0 aliphatic carbocycles. The minimum absolute atomic E-state index is 0.393. The van der Waals surface area contributed by atoms with Gasteiger partial charge in [-0.2, -0.15) is 0 Å². The number of ether oxygens (including phenoxy) is 1. The molecule has 0 radical (unpaired) electrons. The number of quaternary nitrogens is 1. The van der Waals surface area contributed by atoms with Gasteiger partial charge in [-0.3, -0.25) is 0 Å². The van der Waals surface area contributed by atoms with Gasteiger partial charge >= 0.3 is 0 Å². The fourth-order valence-corrected chi connectivity index (χ4v) is 4.49. The van der Waals surface area contributed by atoms with E-state index in [1.165, 1.54) is 31.5 Å². The van der Waals surface area contributed by atoms with Crippen molar-refractivity contribution in [2.45, 2.75) is 38.6 Å². The van der Waals surface area contributed by atoms with Gasteiger partial charge in [0.15, 0.2) is 5.11 Å². The largest absolute Gasteiger partial charge is 0.370 e. The van der Waals surface area contributed by atoms with Crippen molar-refractivity contribution in [2.75, 3.05) is 45.9 Å². The Bertz CT molecular complexity index is 570. The van der Waals surface area contributed by atoms with Gasteiger partial charge < -0.3 is 24.4 Å². The van der Waals surface area contributed by atoms with Crippen molar-refractivity contribution in [1.29, 1.82) is 0 Å². The second-order valence-electron chi connectivity index (χ2n) is 7.92. The third-order valence-corrected chi connectivity index (χ3v) is 6.32. The molecule has 0 amide bonds. The highest BCUT2D eigenvalue weighted by atomic mass is 32.1. The lowest BCUT2D eigenvalue weighted by atomic mass is 10.0. The molecule has 2 atom stereocenters. The molecule has 0 unspecified atom stereocenters. The number of aromatic nitrogens is 1. The molecule has 6 heteroatoms. The smallest absolute Gasteiger partial charge is 0.169 e. The molecule has 2 N–H and O–H groups in total. The number of nitrogens with one attached hydrogen (secondary N) is 2. The van der Waals surface area contributed by atoms with E-state index in [0.717, 1.165) is 56.8 Å². The summed E-state index contributed by atoms with van der Waals surface area (Å²) in [5.74, 6) is 0.774. The first kappa shape index (κ1) is 19.6. The van der Waals surface area contributed by atoms with Gasteiger partial charge in [0.25, 0.3) is 0 Å². The Hall–Kier alpha value is -1.11. The van der Waals surface area contributed by atoms with Gasteiger partial charge in [0.2, 0.25) is 0 Å². The molecule has 26 heavy (non-hydrogen) atoms. The average Bonchev–Trinajstić information content (AvgIpc) is 2.98. The molecule has 2 aliphatic heterocycles. The Morgan fingerprint density at radius 3 is 2.85 bits per heavy atom. The third-order valence-electron chi connectivity index (χ3n) is 5.94. The molecule has 0 saturated carbocycles. The predicted molar refractivity (Wildman–Crippen MR) is 109 cm³/mol. The van der Waals surface area contributed by atoms with E-state index in [2.05, 4.69) is 47.1 Å². The van der Waals surface area contributed by atoms with Crippen LogP contribution >= 0.6 is 12.2 Å². The van der Waals surface area contributed by atoms with Gasteiger partial charge in [-0.1, -0.05) is 6.92 Å². The maximum atomic E-state index is 5.82. The molecule has 0 aromatic carbocycles. The quantitative estimate of drug-likeness (QED) is 0.598. The predicted octanol–water partition coefficient (Wildman–Crippen LogP) is 1.37. The van der Waals surface area contributed by atoms with Crippen LogP contribution in [0.1, 0.15) is 44.3 Å². The molecule has 3 rings (SSSR count). The summed E-state index contributed by atoms with van der Waals surface area (Å²) in [6, 6.07) is 4.78. The lowest BCUT2D eigenvalue weighted by Gasteiger charge is -2.33. The maximum Gasteiger partial charge on any atom is 0.169 e. The summed E-state index contributed by atoms with van der Waals surface area (Å²) in [4.78, 5) is 4.10. The lowest BCUT2D eigenvalue weighted by Crippen LogP contribution is -3.14. The fraction of sp³-hybridized carbons (Fsp3) is 0.750. The van der Waals surface area contributed by atoms with Crippen molar-refractivity contribution < 1.29 is 9.64 Å². The van der Waals surface area contributed by atoms with Crippen molar-refractivity contribution in [3.8, 4) is 0 Å². The van der Waals surface area contributed by atoms with Crippen LogP contribution in [-0.2, 0) is 11.8 Å². The van der Waals surface area contributed by atoms with Crippen molar-refractivity contribution in [3.05, 3.63) is 24.0 Å². The zero-order valence-electron chi connectivity index (χ0n) is 16.4. The lowest BCUT2D eigenvalue weighted by molar-refractivity contribution is -0.908. The second-order valence-corrected chi connectivity index (χ2v) is 8.31. The highest BCUT2D eigenvalue weighted by Crippen LogP contribution is 2.32. The first-order valence-electron chi connectivity index (χ1n) is 10.2. The molecule has 0 spiro atoms. The first-order chi connectivity index (χ1) is 12.6. The molecular weight excluding hydrogens is 344 g/mol. The molecule has 2 fully saturated rings. The molecule has 1 aromatic heterocycles. The first-order valence-corrected chi connectivity index (χ1v) is 10.6. The summed E-state index contributed by atoms with van der Waals surface area (Å²) >= 11 is 5.82. The topological polar surface area (TPSA) is 33.9 Å². The summed E-state index contributed by atoms with van der Waals surface area (Å²) in [5, 5.41) is 4.48. The van der Waals surface area contributed by atoms with E-state index < -0.39 is 0 Å². The number of rotatable bonds is 5. The van der Waals surface area contributed by atoms with Crippen LogP contribution in [-0.4, -0.2) is 60.5 Å². The van der Waals surface area contributed by atoms with E-state index >= 15 is 0 Å². The van der Waals surface area contributed by atoms with E-state index in [1.54, 1.807) is 4.90 Å². The highest BCUT2D eigenvalue weighted by molar-refractivity contribution is 7.80. The third kappa shape index (κ3) is 5.21. The zero-order valence-corrected chi connectivity index (χ0v) is 17.2. The second kappa shape index (κ2) is 9.72. The van der Waals surface area contributed by atoms with Gasteiger partial charge in [0.1, 0.15) is 13.1 Å².